The number of rotatable bonds is 6. The molecule has 1 aliphatic carbocycles. The van der Waals surface area contributed by atoms with Gasteiger partial charge in [0.1, 0.15) is 18.0 Å². The van der Waals surface area contributed by atoms with Gasteiger partial charge in [-0.1, -0.05) is 24.6 Å². The molecule has 0 atom stereocenters. The molecule has 3 aromatic rings. The van der Waals surface area contributed by atoms with Crippen molar-refractivity contribution in [2.45, 2.75) is 51.7 Å². The summed E-state index contributed by atoms with van der Waals surface area (Å²) in [6.45, 7) is 1.37. The molecule has 2 aromatic carbocycles. The van der Waals surface area contributed by atoms with Crippen molar-refractivity contribution >= 4 is 17.3 Å². The van der Waals surface area contributed by atoms with E-state index in [4.69, 9.17) is 4.74 Å². The number of carbonyl (C=O) groups excluding carboxylic acids is 1. The van der Waals surface area contributed by atoms with Gasteiger partial charge in [-0.3, -0.25) is 19.6 Å². The third-order valence-electron chi connectivity index (χ3n) is 5.78. The van der Waals surface area contributed by atoms with Gasteiger partial charge < -0.3 is 10.1 Å². The average Bonchev–Trinajstić information content (AvgIpc) is 2.96. The van der Waals surface area contributed by atoms with E-state index in [1.54, 1.807) is 12.1 Å². The lowest BCUT2D eigenvalue weighted by atomic mass is 10.1. The van der Waals surface area contributed by atoms with E-state index in [2.05, 4.69) is 10.4 Å². The molecule has 0 radical (unpaired) electrons. The van der Waals surface area contributed by atoms with E-state index in [0.717, 1.165) is 22.7 Å². The molecule has 184 valence electrons. The van der Waals surface area contributed by atoms with E-state index in [1.807, 2.05) is 19.1 Å². The summed E-state index contributed by atoms with van der Waals surface area (Å²) in [7, 11) is 0. The van der Waals surface area contributed by atoms with Gasteiger partial charge in [0.15, 0.2) is 5.69 Å². The first-order valence-corrected chi connectivity index (χ1v) is 11.1. The number of alkyl halides is 3. The monoisotopic (exact) mass is 488 g/mol. The van der Waals surface area contributed by atoms with Crippen molar-refractivity contribution in [3.8, 4) is 11.5 Å². The van der Waals surface area contributed by atoms with Crippen molar-refractivity contribution in [2.75, 3.05) is 5.32 Å². The number of halogens is 3. The molecule has 35 heavy (non-hydrogen) atoms. The molecule has 0 spiro atoms. The molecule has 1 amide bonds. The lowest BCUT2D eigenvalue weighted by Gasteiger charge is -2.12. The number of benzene rings is 2. The van der Waals surface area contributed by atoms with Crippen LogP contribution in [-0.2, 0) is 30.4 Å². The zero-order chi connectivity index (χ0) is 25.2. The molecule has 11 heteroatoms. The molecule has 1 aliphatic rings. The first-order valence-electron chi connectivity index (χ1n) is 11.1. The predicted octanol–water partition coefficient (Wildman–Crippen LogP) is 5.82. The van der Waals surface area contributed by atoms with Gasteiger partial charge in [-0.25, -0.2) is 0 Å². The Morgan fingerprint density at radius 1 is 1.17 bits per heavy atom. The van der Waals surface area contributed by atoms with Crippen LogP contribution in [0.4, 0.5) is 24.5 Å². The molecular formula is C24H23F3N4O4. The van der Waals surface area contributed by atoms with Crippen molar-refractivity contribution < 1.29 is 27.6 Å². The van der Waals surface area contributed by atoms with E-state index < -0.39 is 29.2 Å². The average molecular weight is 488 g/mol. The van der Waals surface area contributed by atoms with Crippen LogP contribution in [-0.4, -0.2) is 20.6 Å². The maximum Gasteiger partial charge on any atom is 0.435 e. The van der Waals surface area contributed by atoms with Gasteiger partial charge in [0.25, 0.3) is 5.69 Å². The Morgan fingerprint density at radius 2 is 1.91 bits per heavy atom. The fraction of sp³-hybridized carbons (Fsp3) is 0.333. The Hall–Kier alpha value is -3.89. The van der Waals surface area contributed by atoms with Crippen LogP contribution in [0.25, 0.3) is 0 Å². The molecule has 8 nitrogen and oxygen atoms in total. The number of ether oxygens (including phenoxy) is 1. The van der Waals surface area contributed by atoms with Crippen molar-refractivity contribution in [1.29, 1.82) is 0 Å². The lowest BCUT2D eigenvalue weighted by Crippen LogP contribution is -2.21. The summed E-state index contributed by atoms with van der Waals surface area (Å²) in [5, 5.41) is 17.7. The molecule has 1 N–H and O–H groups in total. The largest absolute Gasteiger partial charge is 0.457 e. The van der Waals surface area contributed by atoms with Gasteiger partial charge in [-0.05, 0) is 44.2 Å². The van der Waals surface area contributed by atoms with E-state index in [-0.39, 0.29) is 29.1 Å². The zero-order valence-electron chi connectivity index (χ0n) is 18.9. The Morgan fingerprint density at radius 3 is 2.63 bits per heavy atom. The second-order valence-electron chi connectivity index (χ2n) is 8.38. The topological polar surface area (TPSA) is 99.3 Å². The van der Waals surface area contributed by atoms with Crippen LogP contribution in [0.1, 0.15) is 41.8 Å². The quantitative estimate of drug-likeness (QED) is 0.268. The molecule has 0 aliphatic heterocycles. The fourth-order valence-electron chi connectivity index (χ4n) is 4.16. The normalized spacial score (nSPS) is 13.6. The Balaban J connectivity index is 1.58. The summed E-state index contributed by atoms with van der Waals surface area (Å²) < 4.78 is 47.4. The number of anilines is 1. The van der Waals surface area contributed by atoms with Crippen LogP contribution in [0.5, 0.6) is 11.5 Å². The number of aryl methyl sites for hydroxylation is 1. The highest BCUT2D eigenvalue weighted by Crippen LogP contribution is 2.36. The number of carbonyl (C=O) groups is 1. The van der Waals surface area contributed by atoms with Gasteiger partial charge in [0, 0.05) is 23.4 Å². The highest BCUT2D eigenvalue weighted by Gasteiger charge is 2.39. The minimum Gasteiger partial charge on any atom is -0.457 e. The van der Waals surface area contributed by atoms with Crippen molar-refractivity contribution in [3.05, 3.63) is 75.1 Å². The second kappa shape index (κ2) is 9.77. The lowest BCUT2D eigenvalue weighted by molar-refractivity contribution is -0.384. The SMILES string of the molecule is Cc1ccccc1Oc1cc(NC(=O)Cn2nc(C(F)(F)F)c3c2CCCCC3)cc([N+](=O)[O-])c1. The summed E-state index contributed by atoms with van der Waals surface area (Å²) in [5.41, 5.74) is 0.191. The number of non-ortho nitro benzene ring substituents is 1. The van der Waals surface area contributed by atoms with Gasteiger partial charge in [0.2, 0.25) is 5.91 Å². The van der Waals surface area contributed by atoms with Gasteiger partial charge in [-0.2, -0.15) is 18.3 Å². The smallest absolute Gasteiger partial charge is 0.435 e. The number of fused-ring (bicyclic) bond motifs is 1. The van der Waals surface area contributed by atoms with Crippen molar-refractivity contribution in [2.24, 2.45) is 0 Å². The number of nitrogens with one attached hydrogen (secondary N) is 1. The van der Waals surface area contributed by atoms with Crippen molar-refractivity contribution in [1.82, 2.24) is 9.78 Å². The maximum atomic E-state index is 13.5. The second-order valence-corrected chi connectivity index (χ2v) is 8.38. The molecule has 0 bridgehead atoms. The first-order chi connectivity index (χ1) is 16.6. The maximum absolute atomic E-state index is 13.5. The third-order valence-corrected chi connectivity index (χ3v) is 5.78. The van der Waals surface area contributed by atoms with Crippen LogP contribution in [0.2, 0.25) is 0 Å². The minimum absolute atomic E-state index is 0.0853. The number of hydrogen-bond acceptors (Lipinski definition) is 5. The summed E-state index contributed by atoms with van der Waals surface area (Å²) in [6, 6.07) is 10.9. The Labute approximate surface area is 198 Å². The summed E-state index contributed by atoms with van der Waals surface area (Å²) >= 11 is 0. The fourth-order valence-corrected chi connectivity index (χ4v) is 4.16. The number of para-hydroxylation sites is 1. The van der Waals surface area contributed by atoms with Crippen LogP contribution in [0, 0.1) is 17.0 Å². The molecule has 1 aromatic heterocycles. The van der Waals surface area contributed by atoms with Gasteiger partial charge >= 0.3 is 6.18 Å². The van der Waals surface area contributed by atoms with Gasteiger partial charge in [0.05, 0.1) is 16.7 Å². The van der Waals surface area contributed by atoms with Gasteiger partial charge in [-0.15, -0.1) is 0 Å². The van der Waals surface area contributed by atoms with E-state index in [1.165, 1.54) is 12.1 Å². The number of aromatic nitrogens is 2. The molecule has 0 saturated carbocycles. The van der Waals surface area contributed by atoms with Crippen LogP contribution in [0.3, 0.4) is 0 Å². The van der Waals surface area contributed by atoms with Crippen molar-refractivity contribution in [3.63, 3.8) is 0 Å². The van der Waals surface area contributed by atoms with E-state index in [9.17, 15) is 28.1 Å². The first kappa shape index (κ1) is 24.2. The predicted molar refractivity (Wildman–Crippen MR) is 121 cm³/mol. The molecular weight excluding hydrogens is 465 g/mol. The number of nitrogens with zero attached hydrogens (tertiary/aromatic N) is 3. The minimum atomic E-state index is -4.61. The molecule has 4 rings (SSSR count). The summed E-state index contributed by atoms with van der Waals surface area (Å²) in [6.07, 6.45) is -1.81. The number of amides is 1. The van der Waals surface area contributed by atoms with E-state index >= 15 is 0 Å². The van der Waals surface area contributed by atoms with Crippen LogP contribution in [0.15, 0.2) is 42.5 Å². The Kier molecular flexibility index (Phi) is 6.77. The summed E-state index contributed by atoms with van der Waals surface area (Å²) in [5.74, 6) is -0.0316. The molecule has 0 saturated heterocycles. The standard InChI is InChI=1S/C24H23F3N4O4/c1-15-7-5-6-10-21(15)35-18-12-16(11-17(13-18)31(33)34)28-22(32)14-30-20-9-4-2-3-8-19(20)23(29-30)24(25,26)27/h5-7,10-13H,2-4,8-9,14H2,1H3,(H,28,32). The number of hydrogen-bond donors (Lipinski definition) is 1. The zero-order valence-corrected chi connectivity index (χ0v) is 18.9. The summed E-state index contributed by atoms with van der Waals surface area (Å²) in [4.78, 5) is 23.5. The van der Waals surface area contributed by atoms with Crippen LogP contribution < -0.4 is 10.1 Å². The highest BCUT2D eigenvalue weighted by atomic mass is 19.4. The number of nitro benzene ring substituents is 1. The van der Waals surface area contributed by atoms with E-state index in [0.29, 0.717) is 30.7 Å². The third kappa shape index (κ3) is 5.61. The molecule has 1 heterocycles. The Bertz CT molecular complexity index is 1270. The molecule has 0 unspecified atom stereocenters. The number of nitro groups is 1. The van der Waals surface area contributed by atoms with Crippen LogP contribution >= 0.6 is 0 Å². The molecule has 0 fully saturated rings. The highest BCUT2D eigenvalue weighted by molar-refractivity contribution is 5.91.